The summed E-state index contributed by atoms with van der Waals surface area (Å²) in [6, 6.07) is 27.8. The van der Waals surface area contributed by atoms with E-state index in [2.05, 4.69) is 24.3 Å². The summed E-state index contributed by atoms with van der Waals surface area (Å²) in [5, 5.41) is 12.8. The molecule has 2 saturated carbocycles. The molecule has 220 valence electrons. The van der Waals surface area contributed by atoms with E-state index in [9.17, 15) is 18.3 Å². The zero-order valence-electron chi connectivity index (χ0n) is 23.9. The first kappa shape index (κ1) is 29.9. The third kappa shape index (κ3) is 6.23. The first-order chi connectivity index (χ1) is 20.2. The van der Waals surface area contributed by atoms with Crippen molar-refractivity contribution >= 4 is 46.8 Å². The zero-order valence-corrected chi connectivity index (χ0v) is 27.2. The van der Waals surface area contributed by atoms with E-state index in [0.29, 0.717) is 17.7 Å². The number of sulfone groups is 1. The number of allylic oxidation sites excluding steroid dienone is 2. The number of ketones is 1. The number of aliphatic hydroxyl groups is 1. The summed E-state index contributed by atoms with van der Waals surface area (Å²) in [7, 11) is -3.52. The second-order valence-corrected chi connectivity index (χ2v) is 17.9. The molecule has 0 radical (unpaired) electrons. The van der Waals surface area contributed by atoms with Crippen LogP contribution in [0.25, 0.3) is 0 Å². The predicted molar refractivity (Wildman–Crippen MR) is 171 cm³/mol. The van der Waals surface area contributed by atoms with Crippen LogP contribution < -0.4 is 4.46 Å². The summed E-state index contributed by atoms with van der Waals surface area (Å²) in [6.07, 6.45) is 5.19. The SMILES string of the molecule is Cc1ccc(S(=O)(=O)C[C@@H]2CC/C3=C/C(=O)C[C@@H]4[C@H](CSc5ccccc5)CC[C@@]4(O)[C@@H]([Se]c4ccccc4)[C@@H]32)cc1. The van der Waals surface area contributed by atoms with E-state index in [1.807, 2.05) is 61.5 Å². The molecule has 0 saturated heterocycles. The Kier molecular flexibility index (Phi) is 8.87. The minimum absolute atomic E-state index is 0.0433. The Morgan fingerprint density at radius 2 is 1.62 bits per heavy atom. The number of carbonyl (C=O) groups excluding carboxylic acids is 1. The van der Waals surface area contributed by atoms with Crippen molar-refractivity contribution in [1.82, 2.24) is 0 Å². The average Bonchev–Trinajstić information content (AvgIpc) is 3.50. The van der Waals surface area contributed by atoms with Crippen LogP contribution in [-0.2, 0) is 14.6 Å². The molecule has 6 atom stereocenters. The Bertz CT molecular complexity index is 1540. The van der Waals surface area contributed by atoms with Gasteiger partial charge in [-0.2, -0.15) is 0 Å². The molecular formula is C35H38O4S2Se. The van der Waals surface area contributed by atoms with Crippen LogP contribution in [0.1, 0.15) is 37.7 Å². The second-order valence-electron chi connectivity index (χ2n) is 12.2. The van der Waals surface area contributed by atoms with Crippen LogP contribution in [0.2, 0.25) is 4.82 Å². The number of hydrogen-bond acceptors (Lipinski definition) is 5. The van der Waals surface area contributed by atoms with Gasteiger partial charge in [-0.1, -0.05) is 0 Å². The van der Waals surface area contributed by atoms with Gasteiger partial charge in [0.1, 0.15) is 0 Å². The number of fused-ring (bicyclic) bond motifs is 2. The summed E-state index contributed by atoms with van der Waals surface area (Å²) in [6.45, 7) is 1.95. The molecule has 42 heavy (non-hydrogen) atoms. The average molecular weight is 666 g/mol. The fourth-order valence-electron chi connectivity index (χ4n) is 7.36. The quantitative estimate of drug-likeness (QED) is 0.234. The van der Waals surface area contributed by atoms with E-state index >= 15 is 0 Å². The number of rotatable bonds is 8. The molecule has 1 N–H and O–H groups in total. The van der Waals surface area contributed by atoms with Crippen LogP contribution in [0.5, 0.6) is 0 Å². The van der Waals surface area contributed by atoms with Crippen LogP contribution >= 0.6 is 11.8 Å². The molecule has 0 spiro atoms. The number of carbonyl (C=O) groups is 1. The summed E-state index contributed by atoms with van der Waals surface area (Å²) < 4.78 is 28.6. The summed E-state index contributed by atoms with van der Waals surface area (Å²) in [5.74, 6) is 0.828. The maximum absolute atomic E-state index is 13.7. The normalized spacial score (nSPS) is 30.6. The molecule has 0 amide bonds. The van der Waals surface area contributed by atoms with E-state index in [0.717, 1.165) is 36.2 Å². The fraction of sp³-hybridized carbons (Fsp3) is 0.400. The molecule has 2 fully saturated rings. The third-order valence-corrected chi connectivity index (χ3v) is 15.7. The van der Waals surface area contributed by atoms with E-state index in [4.69, 9.17) is 0 Å². The fourth-order valence-corrected chi connectivity index (χ4v) is 13.7. The minimum atomic E-state index is -3.52. The second kappa shape index (κ2) is 12.5. The number of hydrogen-bond donors (Lipinski definition) is 1. The molecular weight excluding hydrogens is 627 g/mol. The van der Waals surface area contributed by atoms with Crippen LogP contribution in [0.15, 0.2) is 106 Å². The molecule has 0 heterocycles. The van der Waals surface area contributed by atoms with Gasteiger partial charge in [-0.15, -0.1) is 0 Å². The van der Waals surface area contributed by atoms with Crippen LogP contribution in [0, 0.1) is 30.6 Å². The maximum atomic E-state index is 13.7. The van der Waals surface area contributed by atoms with E-state index in [1.165, 1.54) is 9.36 Å². The van der Waals surface area contributed by atoms with Crippen molar-refractivity contribution in [2.45, 2.75) is 59.2 Å². The summed E-state index contributed by atoms with van der Waals surface area (Å²) in [5.41, 5.74) is 1.08. The molecule has 6 rings (SSSR count). The zero-order chi connectivity index (χ0) is 29.3. The Morgan fingerprint density at radius 3 is 2.33 bits per heavy atom. The van der Waals surface area contributed by atoms with Crippen LogP contribution in [0.4, 0.5) is 0 Å². The monoisotopic (exact) mass is 666 g/mol. The van der Waals surface area contributed by atoms with Gasteiger partial charge in [-0.05, 0) is 0 Å². The van der Waals surface area contributed by atoms with Crippen molar-refractivity contribution in [3.05, 3.63) is 102 Å². The van der Waals surface area contributed by atoms with Gasteiger partial charge < -0.3 is 0 Å². The topological polar surface area (TPSA) is 71.4 Å². The molecule has 0 bridgehead atoms. The molecule has 4 nitrogen and oxygen atoms in total. The van der Waals surface area contributed by atoms with Gasteiger partial charge in [0.05, 0.1) is 0 Å². The third-order valence-electron chi connectivity index (χ3n) is 9.48. The number of thioether (sulfide) groups is 1. The van der Waals surface area contributed by atoms with Gasteiger partial charge in [0, 0.05) is 0 Å². The van der Waals surface area contributed by atoms with Crippen LogP contribution in [-0.4, -0.2) is 51.4 Å². The van der Waals surface area contributed by atoms with E-state index in [1.54, 1.807) is 23.9 Å². The predicted octanol–water partition coefficient (Wildman–Crippen LogP) is 6.06. The van der Waals surface area contributed by atoms with Crippen molar-refractivity contribution in [2.75, 3.05) is 11.5 Å². The molecule has 0 aliphatic heterocycles. The Morgan fingerprint density at radius 1 is 0.929 bits per heavy atom. The van der Waals surface area contributed by atoms with Crippen molar-refractivity contribution < 1.29 is 18.3 Å². The Hall–Kier alpha value is -2.15. The first-order valence-electron chi connectivity index (χ1n) is 14.9. The summed E-state index contributed by atoms with van der Waals surface area (Å²) in [4.78, 5) is 15.0. The standard InChI is InChI=1S/C35H38O4S2Se/c1-24-12-16-30(17-13-24)41(38,39)23-27-15-14-25-20-28(36)21-32-26(22-40-29-8-4-2-5-9-29)18-19-35(32,37)34(33(25)27)42-31-10-6-3-7-11-31/h2-13,16-17,20,26-27,32-34,37H,14-15,18-19,21-23H2,1H3/b25-20-/t26-,27-,32+,33-,34-,35-/m0/s1. The summed E-state index contributed by atoms with van der Waals surface area (Å²) >= 11 is 1.72. The first-order valence-corrected chi connectivity index (χ1v) is 19.4. The molecule has 0 aromatic heterocycles. The van der Waals surface area contributed by atoms with Crippen molar-refractivity contribution in [2.24, 2.45) is 23.7 Å². The van der Waals surface area contributed by atoms with Gasteiger partial charge in [0.25, 0.3) is 0 Å². The molecule has 0 unspecified atom stereocenters. The molecule has 7 heteroatoms. The number of benzene rings is 3. The van der Waals surface area contributed by atoms with Gasteiger partial charge in [0.15, 0.2) is 0 Å². The van der Waals surface area contributed by atoms with Gasteiger partial charge in [-0.3, -0.25) is 0 Å². The van der Waals surface area contributed by atoms with Crippen LogP contribution in [0.3, 0.4) is 0 Å². The van der Waals surface area contributed by atoms with Crippen molar-refractivity contribution in [3.8, 4) is 0 Å². The van der Waals surface area contributed by atoms with Crippen molar-refractivity contribution in [3.63, 3.8) is 0 Å². The molecule has 3 aliphatic rings. The molecule has 3 aliphatic carbocycles. The molecule has 3 aromatic carbocycles. The Labute approximate surface area is 260 Å². The van der Waals surface area contributed by atoms with Gasteiger partial charge in [-0.25, -0.2) is 0 Å². The Balaban J connectivity index is 1.35. The van der Waals surface area contributed by atoms with Crippen molar-refractivity contribution in [1.29, 1.82) is 0 Å². The number of aryl methyl sites for hydroxylation is 1. The van der Waals surface area contributed by atoms with E-state index in [-0.39, 0.29) is 55.0 Å². The van der Waals surface area contributed by atoms with E-state index < -0.39 is 15.4 Å². The van der Waals surface area contributed by atoms with Gasteiger partial charge in [0.2, 0.25) is 0 Å². The molecule has 3 aromatic rings. The van der Waals surface area contributed by atoms with Gasteiger partial charge >= 0.3 is 262 Å².